The predicted molar refractivity (Wildman–Crippen MR) is 88.1 cm³/mol. The van der Waals surface area contributed by atoms with Crippen LogP contribution in [0.5, 0.6) is 0 Å². The second-order valence-electron chi connectivity index (χ2n) is 5.41. The number of amides is 1. The molecule has 0 spiro atoms. The third-order valence-electron chi connectivity index (χ3n) is 3.75. The number of pyridine rings is 1. The van der Waals surface area contributed by atoms with E-state index in [9.17, 15) is 4.79 Å². The van der Waals surface area contributed by atoms with E-state index in [4.69, 9.17) is 0 Å². The largest absolute Gasteiger partial charge is 0.352 e. The molecule has 22 heavy (non-hydrogen) atoms. The first-order valence-electron chi connectivity index (χ1n) is 7.63. The minimum absolute atomic E-state index is 0.00326. The average Bonchev–Trinajstić information content (AvgIpc) is 2.81. The first kappa shape index (κ1) is 16.2. The summed E-state index contributed by atoms with van der Waals surface area (Å²) in [5.41, 5.74) is 3.79. The molecule has 0 aliphatic heterocycles. The maximum absolute atomic E-state index is 12.3. The van der Waals surface area contributed by atoms with Crippen LogP contribution in [0.15, 0.2) is 30.5 Å². The summed E-state index contributed by atoms with van der Waals surface area (Å²) in [5, 5.41) is 6.04. The molecule has 1 amide bonds. The minimum Gasteiger partial charge on any atom is -0.352 e. The molecule has 2 heterocycles. The van der Waals surface area contributed by atoms with E-state index in [0.717, 1.165) is 35.6 Å². The minimum atomic E-state index is -0.00326. The molecule has 5 nitrogen and oxygen atoms in total. The summed E-state index contributed by atoms with van der Waals surface area (Å²) >= 11 is 0. The van der Waals surface area contributed by atoms with E-state index in [0.29, 0.717) is 13.1 Å². The van der Waals surface area contributed by atoms with Crippen LogP contribution in [0.1, 0.15) is 33.9 Å². The van der Waals surface area contributed by atoms with Crippen molar-refractivity contribution < 1.29 is 4.79 Å². The van der Waals surface area contributed by atoms with Gasteiger partial charge >= 0.3 is 0 Å². The zero-order chi connectivity index (χ0) is 15.9. The van der Waals surface area contributed by atoms with Crippen LogP contribution in [0.4, 0.5) is 0 Å². The molecule has 0 aromatic carbocycles. The van der Waals surface area contributed by atoms with Gasteiger partial charge in [0.25, 0.3) is 5.91 Å². The van der Waals surface area contributed by atoms with Gasteiger partial charge in [0.1, 0.15) is 0 Å². The molecule has 0 fully saturated rings. The normalized spacial score (nSPS) is 10.7. The van der Waals surface area contributed by atoms with E-state index in [1.54, 1.807) is 6.20 Å². The zero-order valence-electron chi connectivity index (χ0n) is 13.5. The Kier molecular flexibility index (Phi) is 5.72. The van der Waals surface area contributed by atoms with Gasteiger partial charge in [-0.05, 0) is 52.1 Å². The summed E-state index contributed by atoms with van der Waals surface area (Å²) in [7, 11) is 1.91. The molecule has 2 aromatic rings. The Morgan fingerprint density at radius 1 is 1.27 bits per heavy atom. The van der Waals surface area contributed by atoms with Crippen molar-refractivity contribution in [3.63, 3.8) is 0 Å². The molecule has 0 saturated heterocycles. The summed E-state index contributed by atoms with van der Waals surface area (Å²) in [5.74, 6) is -0.00326. The van der Waals surface area contributed by atoms with Gasteiger partial charge in [-0.2, -0.15) is 0 Å². The molecule has 0 unspecified atom stereocenters. The Hall–Kier alpha value is -2.14. The average molecular weight is 300 g/mol. The van der Waals surface area contributed by atoms with Gasteiger partial charge in [-0.25, -0.2) is 0 Å². The zero-order valence-corrected chi connectivity index (χ0v) is 13.5. The van der Waals surface area contributed by atoms with Gasteiger partial charge in [-0.3, -0.25) is 9.78 Å². The lowest BCUT2D eigenvalue weighted by atomic mass is 10.2. The number of hydrogen-bond acceptors (Lipinski definition) is 3. The van der Waals surface area contributed by atoms with Gasteiger partial charge in [0.15, 0.2) is 0 Å². The highest BCUT2D eigenvalue weighted by Gasteiger charge is 2.15. The Morgan fingerprint density at radius 3 is 2.77 bits per heavy atom. The quantitative estimate of drug-likeness (QED) is 0.768. The van der Waals surface area contributed by atoms with Gasteiger partial charge in [0, 0.05) is 24.1 Å². The van der Waals surface area contributed by atoms with Crippen molar-refractivity contribution in [2.45, 2.75) is 26.8 Å². The second kappa shape index (κ2) is 7.75. The summed E-state index contributed by atoms with van der Waals surface area (Å²) in [4.78, 5) is 16.6. The van der Waals surface area contributed by atoms with E-state index in [1.165, 1.54) is 0 Å². The van der Waals surface area contributed by atoms with E-state index in [-0.39, 0.29) is 5.91 Å². The number of aryl methyl sites for hydroxylation is 1. The molecule has 0 atom stereocenters. The molecule has 2 rings (SSSR count). The van der Waals surface area contributed by atoms with Gasteiger partial charge in [0.2, 0.25) is 0 Å². The summed E-state index contributed by atoms with van der Waals surface area (Å²) < 4.78 is 2.13. The molecular weight excluding hydrogens is 276 g/mol. The van der Waals surface area contributed by atoms with Gasteiger partial charge in [-0.1, -0.05) is 6.07 Å². The van der Waals surface area contributed by atoms with Crippen LogP contribution in [0.3, 0.4) is 0 Å². The molecule has 0 aliphatic rings. The van der Waals surface area contributed by atoms with Crippen LogP contribution in [0.25, 0.3) is 0 Å². The number of aromatic nitrogens is 2. The van der Waals surface area contributed by atoms with Crippen LogP contribution < -0.4 is 10.6 Å². The van der Waals surface area contributed by atoms with Gasteiger partial charge < -0.3 is 15.2 Å². The Bertz CT molecular complexity index is 619. The third kappa shape index (κ3) is 3.95. The van der Waals surface area contributed by atoms with E-state index < -0.39 is 0 Å². The van der Waals surface area contributed by atoms with Crippen LogP contribution in [-0.4, -0.2) is 35.6 Å². The van der Waals surface area contributed by atoms with E-state index in [2.05, 4.69) is 20.2 Å². The molecule has 0 saturated carbocycles. The van der Waals surface area contributed by atoms with Crippen molar-refractivity contribution in [3.8, 4) is 0 Å². The number of carbonyl (C=O) groups excluding carboxylic acids is 1. The van der Waals surface area contributed by atoms with Crippen LogP contribution >= 0.6 is 0 Å². The number of nitrogens with zero attached hydrogens (tertiary/aromatic N) is 2. The lowest BCUT2D eigenvalue weighted by Gasteiger charge is -2.09. The fraction of sp³-hybridized carbons (Fsp3) is 0.412. The maximum atomic E-state index is 12.3. The Morgan fingerprint density at radius 2 is 2.09 bits per heavy atom. The number of rotatable bonds is 7. The molecule has 118 valence electrons. The van der Waals surface area contributed by atoms with E-state index >= 15 is 0 Å². The standard InChI is InChI=1S/C17H24N4O/c1-13-11-16(17(22)20-10-6-8-18-3)14(2)21(13)12-15-7-4-5-9-19-15/h4-5,7,9,11,18H,6,8,10,12H2,1-3H3,(H,20,22). The summed E-state index contributed by atoms with van der Waals surface area (Å²) in [6.45, 7) is 6.28. The molecule has 2 N–H and O–H groups in total. The lowest BCUT2D eigenvalue weighted by molar-refractivity contribution is 0.0952. The Labute approximate surface area is 131 Å². The first-order valence-corrected chi connectivity index (χ1v) is 7.63. The van der Waals surface area contributed by atoms with Crippen LogP contribution in [0.2, 0.25) is 0 Å². The van der Waals surface area contributed by atoms with Crippen molar-refractivity contribution in [1.82, 2.24) is 20.2 Å². The van der Waals surface area contributed by atoms with Crippen molar-refractivity contribution >= 4 is 5.91 Å². The van der Waals surface area contributed by atoms with Crippen molar-refractivity contribution in [2.75, 3.05) is 20.1 Å². The number of hydrogen-bond donors (Lipinski definition) is 2. The van der Waals surface area contributed by atoms with Crippen molar-refractivity contribution in [3.05, 3.63) is 53.1 Å². The van der Waals surface area contributed by atoms with Crippen LogP contribution in [-0.2, 0) is 6.54 Å². The fourth-order valence-corrected chi connectivity index (χ4v) is 2.49. The second-order valence-corrected chi connectivity index (χ2v) is 5.41. The molecule has 5 heteroatoms. The fourth-order valence-electron chi connectivity index (χ4n) is 2.49. The molecule has 0 bridgehead atoms. The van der Waals surface area contributed by atoms with Crippen LogP contribution in [0, 0.1) is 13.8 Å². The van der Waals surface area contributed by atoms with Crippen molar-refractivity contribution in [1.29, 1.82) is 0 Å². The molecule has 0 aliphatic carbocycles. The Balaban J connectivity index is 2.08. The highest BCUT2D eigenvalue weighted by Crippen LogP contribution is 2.16. The number of nitrogens with one attached hydrogen (secondary N) is 2. The summed E-state index contributed by atoms with van der Waals surface area (Å²) in [6.07, 6.45) is 2.72. The number of carbonyl (C=O) groups is 1. The SMILES string of the molecule is CNCCCNC(=O)c1cc(C)n(Cc2ccccn2)c1C. The topological polar surface area (TPSA) is 58.9 Å². The molecule has 0 radical (unpaired) electrons. The monoisotopic (exact) mass is 300 g/mol. The molecular formula is C17H24N4O. The third-order valence-corrected chi connectivity index (χ3v) is 3.75. The first-order chi connectivity index (χ1) is 10.6. The van der Waals surface area contributed by atoms with Crippen molar-refractivity contribution in [2.24, 2.45) is 0 Å². The van der Waals surface area contributed by atoms with Gasteiger partial charge in [0.05, 0.1) is 17.8 Å². The lowest BCUT2D eigenvalue weighted by Crippen LogP contribution is -2.27. The molecule has 2 aromatic heterocycles. The highest BCUT2D eigenvalue weighted by atomic mass is 16.1. The van der Waals surface area contributed by atoms with Gasteiger partial charge in [-0.15, -0.1) is 0 Å². The highest BCUT2D eigenvalue weighted by molar-refractivity contribution is 5.95. The smallest absolute Gasteiger partial charge is 0.253 e. The predicted octanol–water partition coefficient (Wildman–Crippen LogP) is 1.89. The summed E-state index contributed by atoms with van der Waals surface area (Å²) in [6, 6.07) is 7.83. The maximum Gasteiger partial charge on any atom is 0.253 e. The van der Waals surface area contributed by atoms with E-state index in [1.807, 2.05) is 45.2 Å².